The Hall–Kier alpha value is -2.36. The highest BCUT2D eigenvalue weighted by Gasteiger charge is 2.34. The molecule has 1 aliphatic rings. The average molecular weight is 270 g/mol. The first-order valence-corrected chi connectivity index (χ1v) is 6.42. The van der Waals surface area contributed by atoms with Gasteiger partial charge in [0, 0.05) is 5.57 Å². The molecule has 1 aromatic carbocycles. The second-order valence-electron chi connectivity index (χ2n) is 5.46. The van der Waals surface area contributed by atoms with Gasteiger partial charge in [-0.15, -0.1) is 0 Å². The van der Waals surface area contributed by atoms with Crippen LogP contribution in [0.2, 0.25) is 0 Å². The molecule has 0 spiro atoms. The summed E-state index contributed by atoms with van der Waals surface area (Å²) in [6, 6.07) is 7.84. The predicted octanol–water partition coefficient (Wildman–Crippen LogP) is 1.69. The van der Waals surface area contributed by atoms with E-state index in [4.69, 9.17) is 11.5 Å². The van der Waals surface area contributed by atoms with Crippen LogP contribution in [0, 0.1) is 12.3 Å². The topological polar surface area (TPSA) is 86.2 Å². The van der Waals surface area contributed by atoms with Crippen LogP contribution in [0.1, 0.15) is 24.5 Å². The molecule has 0 saturated carbocycles. The summed E-state index contributed by atoms with van der Waals surface area (Å²) < 4.78 is 0. The molecule has 0 radical (unpaired) electrons. The molecule has 2 amide bonds. The van der Waals surface area contributed by atoms with Gasteiger partial charge in [-0.2, -0.15) is 0 Å². The Balaban J connectivity index is 2.56. The van der Waals surface area contributed by atoms with Crippen LogP contribution in [0.4, 0.5) is 0 Å². The molecular weight excluding hydrogens is 252 g/mol. The Morgan fingerprint density at radius 3 is 2.50 bits per heavy atom. The molecule has 1 unspecified atom stereocenters. The minimum absolute atomic E-state index is 0.243. The Labute approximate surface area is 118 Å². The van der Waals surface area contributed by atoms with E-state index < -0.39 is 17.2 Å². The maximum absolute atomic E-state index is 11.7. The highest BCUT2D eigenvalue weighted by atomic mass is 16.1. The van der Waals surface area contributed by atoms with Crippen LogP contribution in [0.25, 0.3) is 5.57 Å². The first-order valence-electron chi connectivity index (χ1n) is 6.42. The van der Waals surface area contributed by atoms with Crippen molar-refractivity contribution in [1.29, 1.82) is 0 Å². The monoisotopic (exact) mass is 270 g/mol. The van der Waals surface area contributed by atoms with Gasteiger partial charge in [0.05, 0.1) is 5.41 Å². The summed E-state index contributed by atoms with van der Waals surface area (Å²) in [5.74, 6) is -0.981. The van der Waals surface area contributed by atoms with Crippen LogP contribution in [-0.2, 0) is 9.59 Å². The largest absolute Gasteiger partial charge is 0.369 e. The van der Waals surface area contributed by atoms with Crippen molar-refractivity contribution in [1.82, 2.24) is 0 Å². The van der Waals surface area contributed by atoms with Crippen LogP contribution in [0.15, 0.2) is 42.0 Å². The molecule has 1 aliphatic carbocycles. The van der Waals surface area contributed by atoms with Gasteiger partial charge in [-0.25, -0.2) is 0 Å². The number of nitrogens with two attached hydrogens (primary N) is 2. The summed E-state index contributed by atoms with van der Waals surface area (Å²) in [5, 5.41) is 0. The van der Waals surface area contributed by atoms with Crippen molar-refractivity contribution in [3.63, 3.8) is 0 Å². The number of carbonyl (C=O) groups is 2. The van der Waals surface area contributed by atoms with E-state index in [9.17, 15) is 9.59 Å². The molecule has 1 aromatic rings. The minimum atomic E-state index is -0.891. The van der Waals surface area contributed by atoms with E-state index in [0.717, 1.165) is 16.7 Å². The van der Waals surface area contributed by atoms with E-state index >= 15 is 0 Å². The van der Waals surface area contributed by atoms with Gasteiger partial charge in [-0.3, -0.25) is 9.59 Å². The van der Waals surface area contributed by atoms with Crippen molar-refractivity contribution in [2.75, 3.05) is 0 Å². The fourth-order valence-corrected chi connectivity index (χ4v) is 2.38. The standard InChI is InChI=1S/C16H18N2O2/c1-10-4-3-5-11(6-10)12-7-13(14(17)19)9-16(2,8-12)15(18)20/h3-8H,9H2,1-2H3,(H2,17,19)(H2,18,20). The first-order chi connectivity index (χ1) is 9.32. The lowest BCUT2D eigenvalue weighted by Gasteiger charge is -2.28. The van der Waals surface area contributed by atoms with Crippen LogP contribution < -0.4 is 11.5 Å². The average Bonchev–Trinajstić information content (AvgIpc) is 2.38. The maximum Gasteiger partial charge on any atom is 0.244 e. The second-order valence-corrected chi connectivity index (χ2v) is 5.46. The second kappa shape index (κ2) is 4.96. The van der Waals surface area contributed by atoms with Gasteiger partial charge in [0.1, 0.15) is 0 Å². The molecule has 4 N–H and O–H groups in total. The Morgan fingerprint density at radius 2 is 1.95 bits per heavy atom. The number of benzene rings is 1. The normalized spacial score (nSPS) is 21.9. The fourth-order valence-electron chi connectivity index (χ4n) is 2.38. The van der Waals surface area contributed by atoms with Crippen LogP contribution in [-0.4, -0.2) is 11.8 Å². The number of rotatable bonds is 3. The lowest BCUT2D eigenvalue weighted by Crippen LogP contribution is -2.36. The lowest BCUT2D eigenvalue weighted by atomic mass is 9.75. The van der Waals surface area contributed by atoms with Gasteiger partial charge in [-0.1, -0.05) is 35.9 Å². The molecule has 1 atom stereocenters. The third-order valence-electron chi connectivity index (χ3n) is 3.59. The van der Waals surface area contributed by atoms with E-state index in [1.807, 2.05) is 37.3 Å². The zero-order chi connectivity index (χ0) is 14.9. The SMILES string of the molecule is Cc1cccc(C2=CC(C)(C(N)=O)CC(C(N)=O)=C2)c1. The van der Waals surface area contributed by atoms with Crippen molar-refractivity contribution in [3.8, 4) is 0 Å². The maximum atomic E-state index is 11.7. The Kier molecular flexibility index (Phi) is 3.49. The zero-order valence-electron chi connectivity index (χ0n) is 11.6. The molecule has 4 heteroatoms. The molecule has 0 saturated heterocycles. The zero-order valence-corrected chi connectivity index (χ0v) is 11.6. The number of aryl methyl sites for hydroxylation is 1. The molecule has 0 fully saturated rings. The number of primary amides is 2. The third kappa shape index (κ3) is 2.64. The third-order valence-corrected chi connectivity index (χ3v) is 3.59. The highest BCUT2D eigenvalue weighted by molar-refractivity contribution is 5.99. The molecule has 0 heterocycles. The number of hydrogen-bond acceptors (Lipinski definition) is 2. The van der Waals surface area contributed by atoms with Crippen LogP contribution in [0.5, 0.6) is 0 Å². The molecule has 2 rings (SSSR count). The quantitative estimate of drug-likeness (QED) is 0.875. The van der Waals surface area contributed by atoms with Gasteiger partial charge >= 0.3 is 0 Å². The van der Waals surface area contributed by atoms with Crippen molar-refractivity contribution in [2.24, 2.45) is 16.9 Å². The Bertz CT molecular complexity index is 644. The number of hydrogen-bond donors (Lipinski definition) is 2. The van der Waals surface area contributed by atoms with E-state index in [-0.39, 0.29) is 6.42 Å². The summed E-state index contributed by atoms with van der Waals surface area (Å²) in [7, 11) is 0. The number of carbonyl (C=O) groups excluding carboxylic acids is 2. The van der Waals surface area contributed by atoms with Gasteiger partial charge in [0.2, 0.25) is 11.8 Å². The van der Waals surface area contributed by atoms with E-state index in [0.29, 0.717) is 5.57 Å². The molecule has 20 heavy (non-hydrogen) atoms. The molecular formula is C16H18N2O2. The van der Waals surface area contributed by atoms with E-state index in [2.05, 4.69) is 0 Å². The lowest BCUT2D eigenvalue weighted by molar-refractivity contribution is -0.124. The summed E-state index contributed by atoms with van der Waals surface area (Å²) in [4.78, 5) is 23.2. The fraction of sp³-hybridized carbons (Fsp3) is 0.250. The van der Waals surface area contributed by atoms with Crippen molar-refractivity contribution >= 4 is 17.4 Å². The van der Waals surface area contributed by atoms with Crippen molar-refractivity contribution < 1.29 is 9.59 Å². The predicted molar refractivity (Wildman–Crippen MR) is 78.4 cm³/mol. The number of amides is 2. The van der Waals surface area contributed by atoms with E-state index in [1.54, 1.807) is 13.0 Å². The van der Waals surface area contributed by atoms with Crippen LogP contribution >= 0.6 is 0 Å². The molecule has 0 aromatic heterocycles. The molecule has 4 nitrogen and oxygen atoms in total. The molecule has 0 bridgehead atoms. The van der Waals surface area contributed by atoms with Gasteiger partial charge in [-0.05, 0) is 37.5 Å². The van der Waals surface area contributed by atoms with Crippen molar-refractivity contribution in [2.45, 2.75) is 20.3 Å². The van der Waals surface area contributed by atoms with Crippen molar-refractivity contribution in [3.05, 3.63) is 53.1 Å². The summed E-state index contributed by atoms with van der Waals surface area (Å²) in [6.07, 6.45) is 3.80. The number of allylic oxidation sites excluding steroid dienone is 2. The first kappa shape index (κ1) is 14.1. The molecule has 0 aliphatic heterocycles. The summed E-state index contributed by atoms with van der Waals surface area (Å²) >= 11 is 0. The smallest absolute Gasteiger partial charge is 0.244 e. The summed E-state index contributed by atoms with van der Waals surface area (Å²) in [5.41, 5.74) is 13.2. The highest BCUT2D eigenvalue weighted by Crippen LogP contribution is 2.37. The van der Waals surface area contributed by atoms with Gasteiger partial charge in [0.25, 0.3) is 0 Å². The summed E-state index contributed by atoms with van der Waals surface area (Å²) in [6.45, 7) is 3.71. The van der Waals surface area contributed by atoms with Gasteiger partial charge in [0.15, 0.2) is 0 Å². The molecule has 104 valence electrons. The van der Waals surface area contributed by atoms with Crippen LogP contribution in [0.3, 0.4) is 0 Å². The minimum Gasteiger partial charge on any atom is -0.369 e. The van der Waals surface area contributed by atoms with E-state index in [1.165, 1.54) is 0 Å². The Morgan fingerprint density at radius 1 is 1.25 bits per heavy atom. The van der Waals surface area contributed by atoms with Gasteiger partial charge < -0.3 is 11.5 Å².